The third-order valence-electron chi connectivity index (χ3n) is 5.11. The van der Waals surface area contributed by atoms with Gasteiger partial charge in [-0.15, -0.1) is 11.3 Å². The van der Waals surface area contributed by atoms with Gasteiger partial charge in [0.2, 0.25) is 6.23 Å². The standard InChI is InChI=1S/C23H20F3N3O4S/c1-3-18(32-15-8-9-16(17(31)10-15)21-28-19(11-30)33-29-21)20-12(2)27-22(34-20)13-4-6-14(7-5-13)23(24,25)26/h4-11,18-19,31H,3H2,1-2H3,(H,28,29). The predicted octanol–water partition coefficient (Wildman–Crippen LogP) is 5.18. The van der Waals surface area contributed by atoms with E-state index in [9.17, 15) is 23.1 Å². The summed E-state index contributed by atoms with van der Waals surface area (Å²) in [6, 6.07) is 9.56. The van der Waals surface area contributed by atoms with Crippen LogP contribution in [0.4, 0.5) is 13.2 Å². The lowest BCUT2D eigenvalue weighted by Crippen LogP contribution is -2.19. The number of ether oxygens (including phenoxy) is 1. The van der Waals surface area contributed by atoms with E-state index in [1.165, 1.54) is 29.5 Å². The number of thiazole rings is 1. The zero-order valence-electron chi connectivity index (χ0n) is 18.1. The van der Waals surface area contributed by atoms with Crippen LogP contribution < -0.4 is 10.2 Å². The quantitative estimate of drug-likeness (QED) is 0.443. The number of phenols is 1. The molecule has 2 unspecified atom stereocenters. The molecule has 0 amide bonds. The monoisotopic (exact) mass is 491 g/mol. The number of carbonyl (C=O) groups is 1. The molecule has 2 N–H and O–H groups in total. The molecule has 0 radical (unpaired) electrons. The number of phenolic OH excluding ortho intramolecular Hbond substituents is 1. The maximum absolute atomic E-state index is 12.8. The van der Waals surface area contributed by atoms with Crippen molar-refractivity contribution in [1.82, 2.24) is 10.5 Å². The second kappa shape index (κ2) is 9.43. The van der Waals surface area contributed by atoms with Crippen LogP contribution in [0, 0.1) is 6.92 Å². The number of aldehydes is 1. The van der Waals surface area contributed by atoms with Crippen molar-refractivity contribution in [3.63, 3.8) is 0 Å². The minimum atomic E-state index is -4.39. The van der Waals surface area contributed by atoms with E-state index >= 15 is 0 Å². The fourth-order valence-electron chi connectivity index (χ4n) is 3.38. The molecule has 1 aromatic heterocycles. The highest BCUT2D eigenvalue weighted by Crippen LogP contribution is 2.38. The van der Waals surface area contributed by atoms with Gasteiger partial charge in [-0.3, -0.25) is 4.79 Å². The molecule has 0 bridgehead atoms. The molecule has 0 fully saturated rings. The first-order chi connectivity index (χ1) is 16.2. The largest absolute Gasteiger partial charge is 0.507 e. The van der Waals surface area contributed by atoms with Crippen LogP contribution in [0.15, 0.2) is 47.5 Å². The fraction of sp³-hybridized carbons (Fsp3) is 0.261. The van der Waals surface area contributed by atoms with Gasteiger partial charge in [0, 0.05) is 11.6 Å². The van der Waals surface area contributed by atoms with Crippen LogP contribution in [0.1, 0.15) is 41.1 Å². The maximum Gasteiger partial charge on any atom is 0.416 e. The zero-order valence-corrected chi connectivity index (χ0v) is 18.9. The molecule has 3 aromatic rings. The number of aryl methyl sites for hydroxylation is 1. The Morgan fingerprint density at radius 1 is 1.26 bits per heavy atom. The fourth-order valence-corrected chi connectivity index (χ4v) is 4.57. The van der Waals surface area contributed by atoms with E-state index in [0.717, 1.165) is 17.0 Å². The summed E-state index contributed by atoms with van der Waals surface area (Å²) in [5.74, 6) is 0.524. The first-order valence-electron chi connectivity index (χ1n) is 10.3. The Hall–Kier alpha value is -3.44. The molecule has 0 spiro atoms. The van der Waals surface area contributed by atoms with Crippen molar-refractivity contribution in [3.8, 4) is 22.1 Å². The molecule has 4 rings (SSSR count). The van der Waals surface area contributed by atoms with Gasteiger partial charge in [0.15, 0.2) is 12.1 Å². The summed E-state index contributed by atoms with van der Waals surface area (Å²) in [6.45, 7) is 3.75. The summed E-state index contributed by atoms with van der Waals surface area (Å²) in [5, 5.41) is 11.0. The minimum Gasteiger partial charge on any atom is -0.507 e. The van der Waals surface area contributed by atoms with E-state index in [1.54, 1.807) is 12.1 Å². The number of halogens is 3. The number of rotatable bonds is 7. The summed E-state index contributed by atoms with van der Waals surface area (Å²) in [4.78, 5) is 25.1. The number of carbonyl (C=O) groups excluding carboxylic acids is 1. The van der Waals surface area contributed by atoms with Crippen molar-refractivity contribution in [2.45, 2.75) is 38.8 Å². The topological polar surface area (TPSA) is 93.0 Å². The zero-order chi connectivity index (χ0) is 24.5. The Labute approximate surface area is 196 Å². The molecule has 2 atom stereocenters. The summed E-state index contributed by atoms with van der Waals surface area (Å²) < 4.78 is 44.6. The van der Waals surface area contributed by atoms with E-state index in [-0.39, 0.29) is 17.7 Å². The molecule has 1 aliphatic heterocycles. The molecule has 34 heavy (non-hydrogen) atoms. The van der Waals surface area contributed by atoms with E-state index in [0.29, 0.717) is 40.3 Å². The molecule has 178 valence electrons. The van der Waals surface area contributed by atoms with Crippen molar-refractivity contribution < 1.29 is 32.6 Å². The maximum atomic E-state index is 12.8. The van der Waals surface area contributed by atoms with Crippen LogP contribution in [-0.2, 0) is 15.8 Å². The molecular formula is C23H20F3N3O4S. The van der Waals surface area contributed by atoms with Crippen LogP contribution in [-0.4, -0.2) is 28.4 Å². The van der Waals surface area contributed by atoms with Gasteiger partial charge in [-0.1, -0.05) is 19.1 Å². The third-order valence-corrected chi connectivity index (χ3v) is 6.41. The van der Waals surface area contributed by atoms with Crippen LogP contribution in [0.5, 0.6) is 11.5 Å². The van der Waals surface area contributed by atoms with Crippen LogP contribution in [0.25, 0.3) is 10.6 Å². The Morgan fingerprint density at radius 3 is 2.59 bits per heavy atom. The highest BCUT2D eigenvalue weighted by atomic mass is 32.1. The number of alkyl halides is 3. The predicted molar refractivity (Wildman–Crippen MR) is 120 cm³/mol. The number of hydrogen-bond donors (Lipinski definition) is 2. The van der Waals surface area contributed by atoms with Gasteiger partial charge in [0.1, 0.15) is 22.6 Å². The van der Waals surface area contributed by atoms with Gasteiger partial charge in [0.05, 0.1) is 21.7 Å². The van der Waals surface area contributed by atoms with E-state index in [2.05, 4.69) is 15.5 Å². The lowest BCUT2D eigenvalue weighted by atomic mass is 10.1. The smallest absolute Gasteiger partial charge is 0.416 e. The first-order valence-corrected chi connectivity index (χ1v) is 11.1. The molecular weight excluding hydrogens is 471 g/mol. The molecule has 0 saturated heterocycles. The van der Waals surface area contributed by atoms with E-state index < -0.39 is 18.0 Å². The second-order valence-corrected chi connectivity index (χ2v) is 8.49. The highest BCUT2D eigenvalue weighted by molar-refractivity contribution is 7.15. The summed E-state index contributed by atoms with van der Waals surface area (Å²) in [7, 11) is 0. The molecule has 0 aliphatic carbocycles. The van der Waals surface area contributed by atoms with Crippen LogP contribution >= 0.6 is 11.3 Å². The SMILES string of the molecule is CCC(Oc1ccc(C2=NC(C=O)ON2)c(O)c1)c1sc(-c2ccc(C(F)(F)F)cc2)nc1C. The van der Waals surface area contributed by atoms with Crippen molar-refractivity contribution >= 4 is 23.5 Å². The Morgan fingerprint density at radius 2 is 2.00 bits per heavy atom. The van der Waals surface area contributed by atoms with Gasteiger partial charge >= 0.3 is 6.18 Å². The van der Waals surface area contributed by atoms with Crippen LogP contribution in [0.2, 0.25) is 0 Å². The lowest BCUT2D eigenvalue weighted by Gasteiger charge is -2.17. The molecule has 11 heteroatoms. The number of aromatic nitrogens is 1. The summed E-state index contributed by atoms with van der Waals surface area (Å²) >= 11 is 1.35. The Kier molecular flexibility index (Phi) is 6.58. The highest BCUT2D eigenvalue weighted by Gasteiger charge is 2.30. The van der Waals surface area contributed by atoms with Crippen molar-refractivity contribution in [2.75, 3.05) is 0 Å². The molecule has 7 nitrogen and oxygen atoms in total. The second-order valence-electron chi connectivity index (χ2n) is 7.46. The molecule has 2 aromatic carbocycles. The van der Waals surface area contributed by atoms with Crippen molar-refractivity contribution in [1.29, 1.82) is 0 Å². The number of amidine groups is 1. The van der Waals surface area contributed by atoms with Gasteiger partial charge < -0.3 is 9.84 Å². The number of benzene rings is 2. The average molecular weight is 491 g/mol. The molecule has 2 heterocycles. The number of nitrogens with one attached hydrogen (secondary N) is 1. The first kappa shape index (κ1) is 23.7. The lowest BCUT2D eigenvalue weighted by molar-refractivity contribution is -0.137. The van der Waals surface area contributed by atoms with E-state index in [4.69, 9.17) is 9.57 Å². The van der Waals surface area contributed by atoms with Gasteiger partial charge in [-0.25, -0.2) is 20.3 Å². The number of nitrogens with zero attached hydrogens (tertiary/aromatic N) is 2. The van der Waals surface area contributed by atoms with Crippen LogP contribution in [0.3, 0.4) is 0 Å². The Bertz CT molecular complexity index is 1230. The minimum absolute atomic E-state index is 0.111. The Balaban J connectivity index is 1.54. The third kappa shape index (κ3) is 4.90. The average Bonchev–Trinajstić information content (AvgIpc) is 3.44. The summed E-state index contributed by atoms with van der Waals surface area (Å²) in [6.07, 6.45) is -4.62. The number of aliphatic imine (C=N–C) groups is 1. The van der Waals surface area contributed by atoms with Gasteiger partial charge in [-0.2, -0.15) is 13.2 Å². The molecule has 1 aliphatic rings. The number of aromatic hydroxyl groups is 1. The van der Waals surface area contributed by atoms with Crippen molar-refractivity contribution in [2.24, 2.45) is 4.99 Å². The normalized spacial score (nSPS) is 16.6. The number of hydrogen-bond acceptors (Lipinski definition) is 8. The number of hydroxylamine groups is 1. The summed E-state index contributed by atoms with van der Waals surface area (Å²) in [5.41, 5.74) is 3.44. The van der Waals surface area contributed by atoms with Gasteiger partial charge in [-0.05, 0) is 37.6 Å². The molecule has 0 saturated carbocycles. The van der Waals surface area contributed by atoms with E-state index in [1.807, 2.05) is 13.8 Å². The van der Waals surface area contributed by atoms with Gasteiger partial charge in [0.25, 0.3) is 0 Å². The van der Waals surface area contributed by atoms with Crippen molar-refractivity contribution in [3.05, 3.63) is 64.2 Å².